The number of alkyl halides is 3. The van der Waals surface area contributed by atoms with Gasteiger partial charge in [-0.05, 0) is 0 Å². The monoisotopic (exact) mass is 436 g/mol. The molecule has 3 rings (SSSR count). The molecular weight excluding hydrogens is 424 g/mol. The summed E-state index contributed by atoms with van der Waals surface area (Å²) < 4.78 is 48.6. The van der Waals surface area contributed by atoms with Crippen molar-refractivity contribution < 1.29 is 24.1 Å². The molecule has 0 fully saturated rings. The van der Waals surface area contributed by atoms with Gasteiger partial charge in [0, 0.05) is 0 Å². The second-order valence-electron chi connectivity index (χ2n) is 5.04. The molecule has 1 unspecified atom stereocenters. The molecule has 0 radical (unpaired) electrons. The molecule has 1 atom stereocenters. The molecule has 3 nitrogen and oxygen atoms in total. The molecule has 0 aromatic heterocycles. The van der Waals surface area contributed by atoms with Crippen molar-refractivity contribution in [1.29, 1.82) is 0 Å². The number of benzene rings is 2. The van der Waals surface area contributed by atoms with Crippen molar-refractivity contribution in [1.82, 2.24) is 0 Å². The summed E-state index contributed by atoms with van der Waals surface area (Å²) in [7, 11) is 0. The minimum absolute atomic E-state index is 0.570. The Morgan fingerprint density at radius 3 is 2.35 bits per heavy atom. The summed E-state index contributed by atoms with van der Waals surface area (Å²) in [5.41, 5.74) is 0.621. The van der Waals surface area contributed by atoms with Crippen molar-refractivity contribution in [2.75, 3.05) is 0 Å². The maximum atomic E-state index is 12.5. The Morgan fingerprint density at radius 1 is 1.09 bits per heavy atom. The number of rotatable bonds is 2. The van der Waals surface area contributed by atoms with Crippen LogP contribution in [0.4, 0.5) is 13.2 Å². The Morgan fingerprint density at radius 2 is 1.70 bits per heavy atom. The number of hydrogen-bond donors (Lipinski definition) is 0. The fourth-order valence-corrected chi connectivity index (χ4v) is 6.47. The standard InChI is InChI=1S/C16H12F3IO3/c1-15(11-7-3-2-4-8-11)12-9-5-6-10-13(12)20(23-15)22-14(21)16(17,18)19/h2-10H,1H3. The molecule has 2 aromatic carbocycles. The molecule has 1 aliphatic rings. The molecule has 0 bridgehead atoms. The molecule has 122 valence electrons. The second-order valence-corrected chi connectivity index (χ2v) is 8.32. The van der Waals surface area contributed by atoms with E-state index < -0.39 is 38.4 Å². The van der Waals surface area contributed by atoms with Gasteiger partial charge in [-0.3, -0.25) is 0 Å². The average Bonchev–Trinajstić information content (AvgIpc) is 2.82. The molecule has 7 heteroatoms. The van der Waals surface area contributed by atoms with Gasteiger partial charge in [0.2, 0.25) is 0 Å². The van der Waals surface area contributed by atoms with E-state index in [9.17, 15) is 18.0 Å². The van der Waals surface area contributed by atoms with Crippen molar-refractivity contribution in [2.45, 2.75) is 18.7 Å². The predicted molar refractivity (Wildman–Crippen MR) is 85.3 cm³/mol. The van der Waals surface area contributed by atoms with E-state index in [2.05, 4.69) is 3.07 Å². The summed E-state index contributed by atoms with van der Waals surface area (Å²) in [6, 6.07) is 16.1. The van der Waals surface area contributed by atoms with Gasteiger partial charge in [0.15, 0.2) is 0 Å². The molecule has 2 aromatic rings. The van der Waals surface area contributed by atoms with Gasteiger partial charge in [-0.1, -0.05) is 0 Å². The summed E-state index contributed by atoms with van der Waals surface area (Å²) >= 11 is -3.21. The van der Waals surface area contributed by atoms with Gasteiger partial charge < -0.3 is 0 Å². The van der Waals surface area contributed by atoms with Crippen LogP contribution in [0.2, 0.25) is 0 Å². The quantitative estimate of drug-likeness (QED) is 0.647. The van der Waals surface area contributed by atoms with Gasteiger partial charge in [-0.25, -0.2) is 0 Å². The summed E-state index contributed by atoms with van der Waals surface area (Å²) in [5, 5.41) is 0. The van der Waals surface area contributed by atoms with Gasteiger partial charge in [-0.2, -0.15) is 0 Å². The van der Waals surface area contributed by atoms with Crippen LogP contribution in [0.15, 0.2) is 54.6 Å². The Kier molecular flexibility index (Phi) is 4.09. The number of carbonyl (C=O) groups is 1. The molecule has 0 saturated heterocycles. The first-order chi connectivity index (χ1) is 10.8. The van der Waals surface area contributed by atoms with Crippen LogP contribution in [0, 0.1) is 3.57 Å². The summed E-state index contributed by atoms with van der Waals surface area (Å²) in [5.74, 6) is -2.20. The molecule has 0 spiro atoms. The Balaban J connectivity index is 2.00. The molecule has 1 aliphatic heterocycles. The SMILES string of the molecule is CC1(c2ccccc2)OI(OC(=O)C(F)(F)F)c2ccccc21. The van der Waals surface area contributed by atoms with Crippen LogP contribution in [0.25, 0.3) is 0 Å². The van der Waals surface area contributed by atoms with Gasteiger partial charge in [-0.15, -0.1) is 0 Å². The van der Waals surface area contributed by atoms with Gasteiger partial charge in [0.25, 0.3) is 0 Å². The summed E-state index contributed by atoms with van der Waals surface area (Å²) in [4.78, 5) is 11.2. The normalized spacial score (nSPS) is 21.8. The molecule has 1 heterocycles. The van der Waals surface area contributed by atoms with Crippen LogP contribution in [-0.2, 0) is 16.5 Å². The van der Waals surface area contributed by atoms with E-state index in [-0.39, 0.29) is 0 Å². The van der Waals surface area contributed by atoms with E-state index in [0.29, 0.717) is 3.57 Å². The molecule has 0 saturated carbocycles. The molecule has 0 aliphatic carbocycles. The molecule has 0 N–H and O–H groups in total. The zero-order valence-electron chi connectivity index (χ0n) is 11.9. The molecular formula is C16H12F3IO3. The van der Waals surface area contributed by atoms with Crippen LogP contribution in [-0.4, -0.2) is 12.1 Å². The number of fused-ring (bicyclic) bond motifs is 1. The van der Waals surface area contributed by atoms with Crippen LogP contribution in [0.3, 0.4) is 0 Å². The van der Waals surface area contributed by atoms with Crippen molar-refractivity contribution in [3.63, 3.8) is 0 Å². The topological polar surface area (TPSA) is 35.5 Å². The van der Waals surface area contributed by atoms with Crippen molar-refractivity contribution >= 4 is 26.6 Å². The average molecular weight is 436 g/mol. The number of carbonyl (C=O) groups excluding carboxylic acids is 1. The first-order valence-electron chi connectivity index (χ1n) is 6.66. The molecule has 0 amide bonds. The fraction of sp³-hybridized carbons (Fsp3) is 0.188. The fourth-order valence-electron chi connectivity index (χ4n) is 2.33. The Labute approximate surface area is 138 Å². The van der Waals surface area contributed by atoms with E-state index in [1.54, 1.807) is 31.2 Å². The summed E-state index contributed by atoms with van der Waals surface area (Å²) in [6.45, 7) is 1.78. The van der Waals surface area contributed by atoms with Crippen LogP contribution in [0.1, 0.15) is 18.1 Å². The van der Waals surface area contributed by atoms with Crippen LogP contribution in [0.5, 0.6) is 0 Å². The Bertz CT molecular complexity index is 733. The van der Waals surface area contributed by atoms with Gasteiger partial charge in [0.05, 0.1) is 0 Å². The first-order valence-corrected chi connectivity index (χ1v) is 9.51. The van der Waals surface area contributed by atoms with E-state index in [0.717, 1.165) is 11.1 Å². The van der Waals surface area contributed by atoms with Gasteiger partial charge in [0.1, 0.15) is 0 Å². The van der Waals surface area contributed by atoms with Gasteiger partial charge >= 0.3 is 139 Å². The molecule has 23 heavy (non-hydrogen) atoms. The third-order valence-corrected chi connectivity index (χ3v) is 7.45. The van der Waals surface area contributed by atoms with E-state index in [1.165, 1.54) is 0 Å². The number of hydrogen-bond acceptors (Lipinski definition) is 3. The zero-order chi connectivity index (χ0) is 16.7. The third kappa shape index (κ3) is 2.94. The van der Waals surface area contributed by atoms with Crippen LogP contribution >= 0.6 is 20.6 Å². The maximum absolute atomic E-state index is 12.5. The third-order valence-electron chi connectivity index (χ3n) is 3.47. The van der Waals surface area contributed by atoms with Crippen molar-refractivity contribution in [2.24, 2.45) is 0 Å². The van der Waals surface area contributed by atoms with E-state index in [4.69, 9.17) is 3.07 Å². The number of halogens is 4. The van der Waals surface area contributed by atoms with Crippen molar-refractivity contribution in [3.8, 4) is 0 Å². The summed E-state index contributed by atoms with van der Waals surface area (Å²) in [6.07, 6.45) is -5.03. The predicted octanol–water partition coefficient (Wildman–Crippen LogP) is 4.59. The van der Waals surface area contributed by atoms with Crippen LogP contribution < -0.4 is 0 Å². The Hall–Kier alpha value is -1.61. The van der Waals surface area contributed by atoms with Crippen molar-refractivity contribution in [3.05, 3.63) is 69.3 Å². The zero-order valence-corrected chi connectivity index (χ0v) is 14.1. The second kappa shape index (κ2) is 5.79. The minimum atomic E-state index is -5.03. The first kappa shape index (κ1) is 16.3. The van der Waals surface area contributed by atoms with E-state index >= 15 is 0 Å². The van der Waals surface area contributed by atoms with E-state index in [1.807, 2.05) is 30.3 Å².